The molecular weight excluding hydrogens is 250 g/mol. The van der Waals surface area contributed by atoms with Crippen LogP contribution in [0.2, 0.25) is 0 Å². The molecule has 102 valence electrons. The molecule has 0 bridgehead atoms. The summed E-state index contributed by atoms with van der Waals surface area (Å²) in [6, 6.07) is 11.9. The van der Waals surface area contributed by atoms with Gasteiger partial charge in [0, 0.05) is 30.8 Å². The number of nitrogens with one attached hydrogen (secondary N) is 1. The number of aromatic nitrogens is 2. The smallest absolute Gasteiger partial charge is 0.151 e. The van der Waals surface area contributed by atoms with Crippen LogP contribution >= 0.6 is 0 Å². The molecule has 0 amide bonds. The van der Waals surface area contributed by atoms with E-state index in [1.165, 1.54) is 0 Å². The Hall–Kier alpha value is -2.32. The van der Waals surface area contributed by atoms with Gasteiger partial charge in [-0.3, -0.25) is 5.10 Å². The van der Waals surface area contributed by atoms with Gasteiger partial charge < -0.3 is 10.6 Å². The van der Waals surface area contributed by atoms with Crippen molar-refractivity contribution in [2.45, 2.75) is 18.9 Å². The van der Waals surface area contributed by atoms with Crippen LogP contribution < -0.4 is 10.6 Å². The number of nitriles is 1. The lowest BCUT2D eigenvalue weighted by atomic mass is 10.1. The molecular formula is C15H17N5. The van der Waals surface area contributed by atoms with Gasteiger partial charge in [-0.05, 0) is 25.0 Å². The Morgan fingerprint density at radius 2 is 2.30 bits per heavy atom. The van der Waals surface area contributed by atoms with E-state index in [9.17, 15) is 0 Å². The van der Waals surface area contributed by atoms with Crippen LogP contribution in [-0.2, 0) is 0 Å². The molecule has 0 radical (unpaired) electrons. The van der Waals surface area contributed by atoms with E-state index in [4.69, 9.17) is 11.0 Å². The minimum atomic E-state index is 0.228. The number of hydrogen-bond donors (Lipinski definition) is 2. The molecule has 5 nitrogen and oxygen atoms in total. The first-order valence-corrected chi connectivity index (χ1v) is 6.83. The molecule has 3 rings (SSSR count). The number of aromatic amines is 1. The van der Waals surface area contributed by atoms with Crippen molar-refractivity contribution >= 4 is 5.82 Å². The molecule has 5 heteroatoms. The van der Waals surface area contributed by atoms with Gasteiger partial charge in [0.2, 0.25) is 0 Å². The number of nitrogens with zero attached hydrogens (tertiary/aromatic N) is 3. The number of piperidine rings is 1. The maximum absolute atomic E-state index is 8.95. The van der Waals surface area contributed by atoms with Crippen LogP contribution in [-0.4, -0.2) is 29.3 Å². The first-order valence-electron chi connectivity index (χ1n) is 6.83. The summed E-state index contributed by atoms with van der Waals surface area (Å²) in [6.45, 7) is 1.85. The molecule has 0 aliphatic carbocycles. The number of nitrogens with two attached hydrogens (primary N) is 1. The summed E-state index contributed by atoms with van der Waals surface area (Å²) in [5, 5.41) is 16.4. The van der Waals surface area contributed by atoms with E-state index in [-0.39, 0.29) is 6.04 Å². The predicted octanol–water partition coefficient (Wildman–Crippen LogP) is 1.88. The molecule has 2 heterocycles. The Balaban J connectivity index is 1.84. The van der Waals surface area contributed by atoms with Crippen LogP contribution in [0.3, 0.4) is 0 Å². The Morgan fingerprint density at radius 1 is 1.40 bits per heavy atom. The highest BCUT2D eigenvalue weighted by Crippen LogP contribution is 2.24. The van der Waals surface area contributed by atoms with Crippen molar-refractivity contribution in [3.63, 3.8) is 0 Å². The molecule has 2 aromatic rings. The SMILES string of the molecule is N#Cc1cccc(-c2cc(N3CCCC(N)C3)n[nH]2)c1. The molecule has 1 aliphatic rings. The largest absolute Gasteiger partial charge is 0.354 e. The van der Waals surface area contributed by atoms with Crippen LogP contribution in [0.4, 0.5) is 5.82 Å². The van der Waals surface area contributed by atoms with Crippen LogP contribution in [0.15, 0.2) is 30.3 Å². The predicted molar refractivity (Wildman–Crippen MR) is 78.2 cm³/mol. The molecule has 1 aromatic carbocycles. The van der Waals surface area contributed by atoms with Gasteiger partial charge in [0.05, 0.1) is 17.3 Å². The van der Waals surface area contributed by atoms with Gasteiger partial charge in [-0.2, -0.15) is 10.4 Å². The summed E-state index contributed by atoms with van der Waals surface area (Å²) >= 11 is 0. The quantitative estimate of drug-likeness (QED) is 0.870. The minimum Gasteiger partial charge on any atom is -0.354 e. The Kier molecular flexibility index (Phi) is 3.40. The van der Waals surface area contributed by atoms with Crippen molar-refractivity contribution in [3.05, 3.63) is 35.9 Å². The fraction of sp³-hybridized carbons (Fsp3) is 0.333. The maximum atomic E-state index is 8.95. The molecule has 0 saturated carbocycles. The third-order valence-electron chi connectivity index (χ3n) is 3.65. The van der Waals surface area contributed by atoms with Crippen molar-refractivity contribution in [2.24, 2.45) is 5.73 Å². The van der Waals surface area contributed by atoms with Gasteiger partial charge in [0.1, 0.15) is 0 Å². The highest BCUT2D eigenvalue weighted by molar-refractivity contribution is 5.64. The van der Waals surface area contributed by atoms with Crippen molar-refractivity contribution < 1.29 is 0 Å². The topological polar surface area (TPSA) is 81.7 Å². The number of hydrogen-bond acceptors (Lipinski definition) is 4. The normalized spacial score (nSPS) is 18.8. The third kappa shape index (κ3) is 2.51. The summed E-state index contributed by atoms with van der Waals surface area (Å²) in [5.41, 5.74) is 8.56. The van der Waals surface area contributed by atoms with E-state index >= 15 is 0 Å². The van der Waals surface area contributed by atoms with Gasteiger partial charge in [0.25, 0.3) is 0 Å². The second kappa shape index (κ2) is 5.35. The maximum Gasteiger partial charge on any atom is 0.151 e. The summed E-state index contributed by atoms with van der Waals surface area (Å²) in [5.74, 6) is 0.928. The fourth-order valence-corrected chi connectivity index (χ4v) is 2.60. The molecule has 20 heavy (non-hydrogen) atoms. The first kappa shape index (κ1) is 12.7. The van der Waals surface area contributed by atoms with E-state index in [0.717, 1.165) is 43.0 Å². The molecule has 3 N–H and O–H groups in total. The summed E-state index contributed by atoms with van der Waals surface area (Å²) in [6.07, 6.45) is 2.19. The van der Waals surface area contributed by atoms with Crippen LogP contribution in [0.25, 0.3) is 11.3 Å². The van der Waals surface area contributed by atoms with Gasteiger partial charge in [-0.15, -0.1) is 0 Å². The van der Waals surface area contributed by atoms with E-state index in [0.29, 0.717) is 5.56 Å². The molecule has 1 atom stereocenters. The zero-order valence-corrected chi connectivity index (χ0v) is 11.2. The molecule has 1 aliphatic heterocycles. The van der Waals surface area contributed by atoms with Crippen LogP contribution in [0.1, 0.15) is 18.4 Å². The highest BCUT2D eigenvalue weighted by Gasteiger charge is 2.19. The van der Waals surface area contributed by atoms with Gasteiger partial charge in [0.15, 0.2) is 5.82 Å². The van der Waals surface area contributed by atoms with Gasteiger partial charge >= 0.3 is 0 Å². The second-order valence-corrected chi connectivity index (χ2v) is 5.18. The fourth-order valence-electron chi connectivity index (χ4n) is 2.60. The molecule has 1 aromatic heterocycles. The lowest BCUT2D eigenvalue weighted by Gasteiger charge is -2.30. The minimum absolute atomic E-state index is 0.228. The number of anilines is 1. The second-order valence-electron chi connectivity index (χ2n) is 5.18. The van der Waals surface area contributed by atoms with Crippen molar-refractivity contribution in [1.82, 2.24) is 10.2 Å². The molecule has 1 unspecified atom stereocenters. The van der Waals surface area contributed by atoms with E-state index in [1.54, 1.807) is 6.07 Å². The highest BCUT2D eigenvalue weighted by atomic mass is 15.3. The Morgan fingerprint density at radius 3 is 3.10 bits per heavy atom. The number of H-pyrrole nitrogens is 1. The monoisotopic (exact) mass is 267 g/mol. The van der Waals surface area contributed by atoms with Crippen molar-refractivity contribution in [1.29, 1.82) is 5.26 Å². The summed E-state index contributed by atoms with van der Waals surface area (Å²) < 4.78 is 0. The third-order valence-corrected chi connectivity index (χ3v) is 3.65. The average Bonchev–Trinajstić information content (AvgIpc) is 2.97. The van der Waals surface area contributed by atoms with Crippen molar-refractivity contribution in [2.75, 3.05) is 18.0 Å². The molecule has 1 fully saturated rings. The lowest BCUT2D eigenvalue weighted by molar-refractivity contribution is 0.503. The standard InChI is InChI=1S/C15H17N5/c16-9-11-3-1-4-12(7-11)14-8-15(19-18-14)20-6-2-5-13(17)10-20/h1,3-4,7-8,13H,2,5-6,10,17H2,(H,18,19). The Labute approximate surface area is 118 Å². The summed E-state index contributed by atoms with van der Waals surface area (Å²) in [7, 11) is 0. The summed E-state index contributed by atoms with van der Waals surface area (Å²) in [4.78, 5) is 2.21. The van der Waals surface area contributed by atoms with Crippen molar-refractivity contribution in [3.8, 4) is 17.3 Å². The van der Waals surface area contributed by atoms with Crippen LogP contribution in [0.5, 0.6) is 0 Å². The average molecular weight is 267 g/mol. The van der Waals surface area contributed by atoms with E-state index < -0.39 is 0 Å². The van der Waals surface area contributed by atoms with Crippen LogP contribution in [0, 0.1) is 11.3 Å². The number of benzene rings is 1. The van der Waals surface area contributed by atoms with Gasteiger partial charge in [-0.25, -0.2) is 0 Å². The number of rotatable bonds is 2. The first-order chi connectivity index (χ1) is 9.76. The van der Waals surface area contributed by atoms with E-state index in [2.05, 4.69) is 21.2 Å². The molecule has 0 spiro atoms. The Bertz CT molecular complexity index is 640. The zero-order valence-electron chi connectivity index (χ0n) is 11.2. The lowest BCUT2D eigenvalue weighted by Crippen LogP contribution is -2.43. The zero-order chi connectivity index (χ0) is 13.9. The van der Waals surface area contributed by atoms with Gasteiger partial charge in [-0.1, -0.05) is 12.1 Å². The molecule has 1 saturated heterocycles. The van der Waals surface area contributed by atoms with E-state index in [1.807, 2.05) is 24.3 Å².